The number of hydrogen-bond donors (Lipinski definition) is 2. The molecule has 1 aliphatic rings. The van der Waals surface area contributed by atoms with E-state index in [1.54, 1.807) is 11.4 Å². The topological polar surface area (TPSA) is 67.4 Å². The Morgan fingerprint density at radius 2 is 2.15 bits per heavy atom. The van der Waals surface area contributed by atoms with Crippen LogP contribution in [-0.4, -0.2) is 34.7 Å². The van der Waals surface area contributed by atoms with Gasteiger partial charge in [0.25, 0.3) is 0 Å². The predicted octanol–water partition coefficient (Wildman–Crippen LogP) is 1.70. The summed E-state index contributed by atoms with van der Waals surface area (Å²) in [7, 11) is -1.56. The Hall–Kier alpha value is -0.470. The fourth-order valence-electron chi connectivity index (χ4n) is 2.31. The molecule has 1 aromatic rings. The van der Waals surface area contributed by atoms with Crippen LogP contribution in [0.3, 0.4) is 0 Å². The third-order valence-corrected chi connectivity index (χ3v) is 5.87. The zero-order chi connectivity index (χ0) is 14.4. The summed E-state index contributed by atoms with van der Waals surface area (Å²) >= 11 is 1.45. The molecule has 0 radical (unpaired) electrons. The lowest BCUT2D eigenvalue weighted by molar-refractivity contribution is 0.0626. The average Bonchev–Trinajstić information content (AvgIpc) is 3.06. The molecule has 0 saturated heterocycles. The highest BCUT2D eigenvalue weighted by Gasteiger charge is 2.17. The van der Waals surface area contributed by atoms with Gasteiger partial charge in [0.05, 0.1) is 17.6 Å². The van der Waals surface area contributed by atoms with E-state index in [1.807, 2.05) is 7.05 Å². The van der Waals surface area contributed by atoms with Gasteiger partial charge in [0, 0.05) is 23.3 Å². The Morgan fingerprint density at radius 1 is 1.40 bits per heavy atom. The van der Waals surface area contributed by atoms with Crippen molar-refractivity contribution in [1.82, 2.24) is 10.0 Å². The molecule has 20 heavy (non-hydrogen) atoms. The fourth-order valence-corrected chi connectivity index (χ4v) is 4.61. The van der Waals surface area contributed by atoms with E-state index < -0.39 is 10.0 Å². The molecule has 114 valence electrons. The molecule has 0 amide bonds. The molecular formula is C13H22N2O3S2. The van der Waals surface area contributed by atoms with Gasteiger partial charge in [0.2, 0.25) is 10.0 Å². The molecule has 0 spiro atoms. The van der Waals surface area contributed by atoms with Crippen LogP contribution in [0, 0.1) is 0 Å². The minimum atomic E-state index is -3.40. The highest BCUT2D eigenvalue weighted by atomic mass is 32.2. The van der Waals surface area contributed by atoms with E-state index in [0.29, 0.717) is 30.7 Å². The van der Waals surface area contributed by atoms with Crippen molar-refractivity contribution in [2.75, 3.05) is 20.2 Å². The lowest BCUT2D eigenvalue weighted by Gasteiger charge is -2.11. The van der Waals surface area contributed by atoms with Gasteiger partial charge in [-0.15, -0.1) is 11.3 Å². The largest absolute Gasteiger partial charge is 0.377 e. The average molecular weight is 318 g/mol. The molecule has 1 saturated carbocycles. The molecule has 1 aliphatic carbocycles. The van der Waals surface area contributed by atoms with Crippen molar-refractivity contribution in [3.05, 3.63) is 16.3 Å². The van der Waals surface area contributed by atoms with Crippen LogP contribution in [0.25, 0.3) is 0 Å². The van der Waals surface area contributed by atoms with Crippen LogP contribution in [0.15, 0.2) is 16.3 Å². The minimum absolute atomic E-state index is 0.322. The third kappa shape index (κ3) is 4.53. The van der Waals surface area contributed by atoms with E-state index >= 15 is 0 Å². The standard InChI is InChI=1S/C13H22N2O3S2/c1-14-9-12-8-13(10-19-12)20(16,17)15-6-7-18-11-4-2-3-5-11/h8,10-11,14-15H,2-7,9H2,1H3. The summed E-state index contributed by atoms with van der Waals surface area (Å²) in [5.74, 6) is 0. The molecule has 0 unspecified atom stereocenters. The first-order valence-electron chi connectivity index (χ1n) is 6.95. The maximum absolute atomic E-state index is 12.1. The summed E-state index contributed by atoms with van der Waals surface area (Å²) < 4.78 is 32.4. The number of hydrogen-bond acceptors (Lipinski definition) is 5. The summed E-state index contributed by atoms with van der Waals surface area (Å²) in [5.41, 5.74) is 0. The summed E-state index contributed by atoms with van der Waals surface area (Å²) in [5, 5.41) is 4.68. The first kappa shape index (κ1) is 15.9. The second kappa shape index (κ2) is 7.51. The van der Waals surface area contributed by atoms with Crippen molar-refractivity contribution in [2.24, 2.45) is 0 Å². The first-order chi connectivity index (χ1) is 9.62. The van der Waals surface area contributed by atoms with Crippen molar-refractivity contribution in [3.63, 3.8) is 0 Å². The second-order valence-corrected chi connectivity index (χ2v) is 7.72. The normalized spacial score (nSPS) is 16.9. The Labute approximate surface area is 124 Å². The van der Waals surface area contributed by atoms with Gasteiger partial charge >= 0.3 is 0 Å². The number of sulfonamides is 1. The van der Waals surface area contributed by atoms with Crippen molar-refractivity contribution < 1.29 is 13.2 Å². The number of ether oxygens (including phenoxy) is 1. The number of rotatable bonds is 8. The van der Waals surface area contributed by atoms with E-state index in [2.05, 4.69) is 10.0 Å². The van der Waals surface area contributed by atoms with Gasteiger partial charge in [0.1, 0.15) is 0 Å². The van der Waals surface area contributed by atoms with Crippen LogP contribution in [0.1, 0.15) is 30.6 Å². The highest BCUT2D eigenvalue weighted by molar-refractivity contribution is 7.89. The highest BCUT2D eigenvalue weighted by Crippen LogP contribution is 2.21. The Bertz CT molecular complexity index is 507. The lowest BCUT2D eigenvalue weighted by atomic mass is 10.3. The van der Waals surface area contributed by atoms with Crippen LogP contribution < -0.4 is 10.0 Å². The van der Waals surface area contributed by atoms with Gasteiger partial charge in [-0.3, -0.25) is 0 Å². The van der Waals surface area contributed by atoms with E-state index in [9.17, 15) is 8.42 Å². The molecule has 2 N–H and O–H groups in total. The van der Waals surface area contributed by atoms with Crippen LogP contribution >= 0.6 is 11.3 Å². The van der Waals surface area contributed by atoms with Crippen LogP contribution in [-0.2, 0) is 21.3 Å². The molecule has 0 atom stereocenters. The van der Waals surface area contributed by atoms with Crippen molar-refractivity contribution in [1.29, 1.82) is 0 Å². The molecule has 5 nitrogen and oxygen atoms in total. The van der Waals surface area contributed by atoms with E-state index in [1.165, 1.54) is 24.2 Å². The summed E-state index contributed by atoms with van der Waals surface area (Å²) in [6.07, 6.45) is 4.97. The molecule has 2 rings (SSSR count). The van der Waals surface area contributed by atoms with E-state index in [4.69, 9.17) is 4.74 Å². The molecular weight excluding hydrogens is 296 g/mol. The van der Waals surface area contributed by atoms with Gasteiger partial charge in [-0.2, -0.15) is 0 Å². The quantitative estimate of drug-likeness (QED) is 0.716. The number of nitrogens with one attached hydrogen (secondary N) is 2. The van der Waals surface area contributed by atoms with Gasteiger partial charge < -0.3 is 10.1 Å². The maximum Gasteiger partial charge on any atom is 0.241 e. The summed E-state index contributed by atoms with van der Waals surface area (Å²) in [6.45, 7) is 1.46. The van der Waals surface area contributed by atoms with Crippen LogP contribution in [0.4, 0.5) is 0 Å². The summed E-state index contributed by atoms with van der Waals surface area (Å²) in [4.78, 5) is 1.35. The fraction of sp³-hybridized carbons (Fsp3) is 0.692. The SMILES string of the molecule is CNCc1cc(S(=O)(=O)NCCOC2CCCC2)cs1. The van der Waals surface area contributed by atoms with Gasteiger partial charge in [-0.1, -0.05) is 12.8 Å². The van der Waals surface area contributed by atoms with E-state index in [-0.39, 0.29) is 0 Å². The molecule has 7 heteroatoms. The van der Waals surface area contributed by atoms with Gasteiger partial charge in [-0.05, 0) is 26.0 Å². The monoisotopic (exact) mass is 318 g/mol. The van der Waals surface area contributed by atoms with Crippen LogP contribution in [0.2, 0.25) is 0 Å². The van der Waals surface area contributed by atoms with Gasteiger partial charge in [-0.25, -0.2) is 13.1 Å². The number of thiophene rings is 1. The molecule has 0 aliphatic heterocycles. The Morgan fingerprint density at radius 3 is 2.85 bits per heavy atom. The van der Waals surface area contributed by atoms with Crippen molar-refractivity contribution >= 4 is 21.4 Å². The van der Waals surface area contributed by atoms with Gasteiger partial charge in [0.15, 0.2) is 0 Å². The lowest BCUT2D eigenvalue weighted by Crippen LogP contribution is -2.28. The third-order valence-electron chi connectivity index (χ3n) is 3.34. The second-order valence-electron chi connectivity index (χ2n) is 4.95. The van der Waals surface area contributed by atoms with Crippen LogP contribution in [0.5, 0.6) is 0 Å². The van der Waals surface area contributed by atoms with E-state index in [0.717, 1.165) is 17.7 Å². The smallest absolute Gasteiger partial charge is 0.241 e. The zero-order valence-electron chi connectivity index (χ0n) is 11.7. The predicted molar refractivity (Wildman–Crippen MR) is 80.5 cm³/mol. The van der Waals surface area contributed by atoms with Crippen molar-refractivity contribution in [2.45, 2.75) is 43.2 Å². The first-order valence-corrected chi connectivity index (χ1v) is 9.31. The minimum Gasteiger partial charge on any atom is -0.377 e. The molecule has 0 aromatic carbocycles. The molecule has 1 fully saturated rings. The maximum atomic E-state index is 12.1. The van der Waals surface area contributed by atoms with Crippen molar-refractivity contribution in [3.8, 4) is 0 Å². The summed E-state index contributed by atoms with van der Waals surface area (Å²) in [6, 6.07) is 1.71. The zero-order valence-corrected chi connectivity index (χ0v) is 13.4. The Balaban J connectivity index is 1.77. The molecule has 0 bridgehead atoms. The Kier molecular flexibility index (Phi) is 5.98. The molecule has 1 aromatic heterocycles. The molecule has 1 heterocycles.